The molecule has 0 aliphatic heterocycles. The summed E-state index contributed by atoms with van der Waals surface area (Å²) in [5.41, 5.74) is 1.73. The highest BCUT2D eigenvalue weighted by Crippen LogP contribution is 2.22. The van der Waals surface area contributed by atoms with Crippen molar-refractivity contribution in [1.29, 1.82) is 0 Å². The van der Waals surface area contributed by atoms with Gasteiger partial charge in [0, 0.05) is 6.20 Å². The van der Waals surface area contributed by atoms with E-state index in [9.17, 15) is 4.79 Å². The average molecular weight is 245 g/mol. The van der Waals surface area contributed by atoms with Crippen LogP contribution in [0.25, 0.3) is 11.5 Å². The Hall–Kier alpha value is -2.04. The summed E-state index contributed by atoms with van der Waals surface area (Å²) in [6, 6.07) is 3.78. The number of hydrogen-bond donors (Lipinski definition) is 0. The molecule has 0 fully saturated rings. The van der Waals surface area contributed by atoms with Crippen LogP contribution in [0.15, 0.2) is 22.9 Å². The fourth-order valence-electron chi connectivity index (χ4n) is 1.78. The summed E-state index contributed by atoms with van der Waals surface area (Å²) in [6.45, 7) is 5.42. The Bertz CT molecular complexity index is 563. The quantitative estimate of drug-likeness (QED) is 0.827. The van der Waals surface area contributed by atoms with Crippen molar-refractivity contribution in [2.75, 3.05) is 0 Å². The van der Waals surface area contributed by atoms with Gasteiger partial charge >= 0.3 is 0 Å². The lowest BCUT2D eigenvalue weighted by Gasteiger charge is -2.03. The fourth-order valence-corrected chi connectivity index (χ4v) is 1.78. The molecule has 0 bridgehead atoms. The third kappa shape index (κ3) is 2.45. The molecule has 0 amide bonds. The predicted molar refractivity (Wildman–Crippen MR) is 66.0 cm³/mol. The van der Waals surface area contributed by atoms with Gasteiger partial charge in [0.15, 0.2) is 0 Å². The Kier molecular flexibility index (Phi) is 3.50. The number of ketones is 1. The number of carbonyl (C=O) groups is 1. The first kappa shape index (κ1) is 12.4. The van der Waals surface area contributed by atoms with Crippen LogP contribution in [0, 0.1) is 6.92 Å². The Morgan fingerprint density at radius 2 is 2.28 bits per heavy atom. The molecule has 0 spiro atoms. The molecule has 2 aromatic heterocycles. The molecular formula is C13H15N3O2. The number of hydrogen-bond acceptors (Lipinski definition) is 5. The molecule has 0 aliphatic rings. The first-order valence-electron chi connectivity index (χ1n) is 5.89. The number of rotatable bonds is 4. The summed E-state index contributed by atoms with van der Waals surface area (Å²) >= 11 is 0. The number of Topliss-reactive ketones (excluding diaryl/α,β-unsaturated/α-hetero) is 1. The zero-order valence-corrected chi connectivity index (χ0v) is 10.7. The van der Waals surface area contributed by atoms with Crippen molar-refractivity contribution in [1.82, 2.24) is 15.1 Å². The van der Waals surface area contributed by atoms with Crippen LogP contribution in [0.5, 0.6) is 0 Å². The summed E-state index contributed by atoms with van der Waals surface area (Å²) in [5.74, 6) is 0.498. The maximum Gasteiger partial charge on any atom is 0.237 e. The van der Waals surface area contributed by atoms with Crippen molar-refractivity contribution in [3.05, 3.63) is 29.8 Å². The van der Waals surface area contributed by atoms with Gasteiger partial charge in [0.05, 0.1) is 5.92 Å². The Balaban J connectivity index is 2.33. The van der Waals surface area contributed by atoms with E-state index in [4.69, 9.17) is 4.52 Å². The second kappa shape index (κ2) is 5.08. The zero-order valence-electron chi connectivity index (χ0n) is 10.7. The van der Waals surface area contributed by atoms with Crippen molar-refractivity contribution >= 4 is 5.78 Å². The van der Waals surface area contributed by atoms with Crippen molar-refractivity contribution in [2.24, 2.45) is 0 Å². The number of aryl methyl sites for hydroxylation is 1. The Morgan fingerprint density at radius 1 is 1.50 bits per heavy atom. The Morgan fingerprint density at radius 3 is 2.89 bits per heavy atom. The van der Waals surface area contributed by atoms with E-state index in [0.717, 1.165) is 5.56 Å². The van der Waals surface area contributed by atoms with Crippen LogP contribution >= 0.6 is 0 Å². The molecule has 2 rings (SSSR count). The summed E-state index contributed by atoms with van der Waals surface area (Å²) in [7, 11) is 0. The molecule has 2 aromatic rings. The fraction of sp³-hybridized carbons (Fsp3) is 0.385. The van der Waals surface area contributed by atoms with Gasteiger partial charge in [-0.1, -0.05) is 12.1 Å². The maximum atomic E-state index is 11.4. The standard InChI is InChI=1S/C13H15N3O2/c1-4-10(9(3)17)13-15-12(16-18-13)11-7-8(2)5-6-14-11/h5-7,10H,4H2,1-3H3. The molecule has 0 aliphatic carbocycles. The minimum Gasteiger partial charge on any atom is -0.338 e. The van der Waals surface area contributed by atoms with Gasteiger partial charge in [0.2, 0.25) is 11.7 Å². The van der Waals surface area contributed by atoms with Gasteiger partial charge in [0.1, 0.15) is 11.5 Å². The molecule has 5 nitrogen and oxygen atoms in total. The van der Waals surface area contributed by atoms with Crippen molar-refractivity contribution < 1.29 is 9.32 Å². The molecular weight excluding hydrogens is 230 g/mol. The van der Waals surface area contributed by atoms with E-state index in [1.807, 2.05) is 26.0 Å². The normalized spacial score (nSPS) is 12.4. The van der Waals surface area contributed by atoms with Gasteiger partial charge in [-0.25, -0.2) is 0 Å². The molecule has 1 atom stereocenters. The topological polar surface area (TPSA) is 68.9 Å². The third-order valence-electron chi connectivity index (χ3n) is 2.78. The van der Waals surface area contributed by atoms with E-state index < -0.39 is 0 Å². The largest absolute Gasteiger partial charge is 0.338 e. The molecule has 2 heterocycles. The van der Waals surface area contributed by atoms with Crippen LogP contribution in [0.4, 0.5) is 0 Å². The molecule has 5 heteroatoms. The molecule has 0 saturated carbocycles. The monoisotopic (exact) mass is 245 g/mol. The number of nitrogens with zero attached hydrogens (tertiary/aromatic N) is 3. The Labute approximate surface area is 105 Å². The molecule has 0 aromatic carbocycles. The first-order valence-corrected chi connectivity index (χ1v) is 5.89. The zero-order chi connectivity index (χ0) is 13.1. The lowest BCUT2D eigenvalue weighted by atomic mass is 10.0. The van der Waals surface area contributed by atoms with Crippen LogP contribution in [-0.4, -0.2) is 20.9 Å². The van der Waals surface area contributed by atoms with Gasteiger partial charge < -0.3 is 4.52 Å². The van der Waals surface area contributed by atoms with Crippen LogP contribution in [0.3, 0.4) is 0 Å². The highest BCUT2D eigenvalue weighted by molar-refractivity contribution is 5.82. The molecule has 0 saturated heterocycles. The lowest BCUT2D eigenvalue weighted by Crippen LogP contribution is -2.07. The second-order valence-electron chi connectivity index (χ2n) is 4.25. The molecule has 0 radical (unpaired) electrons. The van der Waals surface area contributed by atoms with Crippen molar-refractivity contribution in [2.45, 2.75) is 33.1 Å². The molecule has 18 heavy (non-hydrogen) atoms. The summed E-state index contributed by atoms with van der Waals surface area (Å²) in [6.07, 6.45) is 2.35. The minimum atomic E-state index is -0.323. The van der Waals surface area contributed by atoms with E-state index in [0.29, 0.717) is 23.8 Å². The summed E-state index contributed by atoms with van der Waals surface area (Å²) < 4.78 is 5.15. The van der Waals surface area contributed by atoms with E-state index in [1.54, 1.807) is 6.20 Å². The second-order valence-corrected chi connectivity index (χ2v) is 4.25. The van der Waals surface area contributed by atoms with Gasteiger partial charge in [-0.05, 0) is 38.0 Å². The predicted octanol–water partition coefficient (Wildman–Crippen LogP) is 2.52. The number of pyridine rings is 1. The van der Waals surface area contributed by atoms with E-state index in [1.165, 1.54) is 6.92 Å². The SMILES string of the molecule is CCC(C(C)=O)c1nc(-c2cc(C)ccn2)no1. The third-order valence-corrected chi connectivity index (χ3v) is 2.78. The van der Waals surface area contributed by atoms with Crippen LogP contribution in [0.2, 0.25) is 0 Å². The van der Waals surface area contributed by atoms with Gasteiger partial charge in [-0.2, -0.15) is 4.98 Å². The minimum absolute atomic E-state index is 0.0323. The number of carbonyl (C=O) groups excluding carboxylic acids is 1. The van der Waals surface area contributed by atoms with Crippen LogP contribution in [0.1, 0.15) is 37.6 Å². The van der Waals surface area contributed by atoms with Gasteiger partial charge in [0.25, 0.3) is 0 Å². The van der Waals surface area contributed by atoms with E-state index >= 15 is 0 Å². The summed E-state index contributed by atoms with van der Waals surface area (Å²) in [5, 5.41) is 3.88. The van der Waals surface area contributed by atoms with Crippen LogP contribution in [-0.2, 0) is 4.79 Å². The van der Waals surface area contributed by atoms with Crippen molar-refractivity contribution in [3.8, 4) is 11.5 Å². The van der Waals surface area contributed by atoms with E-state index in [2.05, 4.69) is 15.1 Å². The first-order chi connectivity index (χ1) is 8.61. The molecule has 0 N–H and O–H groups in total. The van der Waals surface area contributed by atoms with E-state index in [-0.39, 0.29) is 11.7 Å². The summed E-state index contributed by atoms with van der Waals surface area (Å²) in [4.78, 5) is 19.9. The highest BCUT2D eigenvalue weighted by Gasteiger charge is 2.22. The highest BCUT2D eigenvalue weighted by atomic mass is 16.5. The van der Waals surface area contributed by atoms with Gasteiger partial charge in [-0.15, -0.1) is 0 Å². The lowest BCUT2D eigenvalue weighted by molar-refractivity contribution is -0.119. The maximum absolute atomic E-state index is 11.4. The van der Waals surface area contributed by atoms with Crippen molar-refractivity contribution in [3.63, 3.8) is 0 Å². The smallest absolute Gasteiger partial charge is 0.237 e. The molecule has 1 unspecified atom stereocenters. The number of aromatic nitrogens is 3. The van der Waals surface area contributed by atoms with Gasteiger partial charge in [-0.3, -0.25) is 9.78 Å². The average Bonchev–Trinajstić information content (AvgIpc) is 2.79. The van der Waals surface area contributed by atoms with Crippen LogP contribution < -0.4 is 0 Å². The molecule has 94 valence electrons.